The summed E-state index contributed by atoms with van der Waals surface area (Å²) in [5, 5.41) is 6.52. The number of piperidine rings is 1. The molecule has 0 radical (unpaired) electrons. The Morgan fingerprint density at radius 3 is 2.80 bits per heavy atom. The van der Waals surface area contributed by atoms with Crippen LogP contribution in [0.25, 0.3) is 0 Å². The van der Waals surface area contributed by atoms with Crippen molar-refractivity contribution in [1.29, 1.82) is 0 Å². The molecule has 2 heterocycles. The fourth-order valence-corrected chi connectivity index (χ4v) is 3.31. The number of carbonyl (C=O) groups excluding carboxylic acids is 1. The average molecular weight is 390 g/mol. The first-order valence-electron chi connectivity index (χ1n) is 8.61. The number of nitrogens with one attached hydrogen (secondary N) is 2. The molecule has 5 nitrogen and oxygen atoms in total. The van der Waals surface area contributed by atoms with Crippen molar-refractivity contribution in [3.63, 3.8) is 0 Å². The highest BCUT2D eigenvalue weighted by Crippen LogP contribution is 2.14. The second kappa shape index (κ2) is 11.0. The summed E-state index contributed by atoms with van der Waals surface area (Å²) < 4.78 is 5.71. The number of benzene rings is 1. The van der Waals surface area contributed by atoms with Gasteiger partial charge in [-0.1, -0.05) is 37.3 Å². The Morgan fingerprint density at radius 2 is 2.08 bits per heavy atom. The minimum atomic E-state index is -0.360. The summed E-state index contributed by atoms with van der Waals surface area (Å²) in [4.78, 5) is 14.8. The van der Waals surface area contributed by atoms with Crippen molar-refractivity contribution in [3.8, 4) is 0 Å². The molecule has 3 atom stereocenters. The molecule has 0 bridgehead atoms. The van der Waals surface area contributed by atoms with Crippen LogP contribution in [0.4, 0.5) is 0 Å². The fourth-order valence-electron chi connectivity index (χ4n) is 3.31. The van der Waals surface area contributed by atoms with E-state index in [0.29, 0.717) is 19.1 Å². The number of hydrogen-bond acceptors (Lipinski definition) is 4. The number of nitrogens with zero attached hydrogens (tertiary/aromatic N) is 1. The quantitative estimate of drug-likeness (QED) is 0.824. The summed E-state index contributed by atoms with van der Waals surface area (Å²) in [5.74, 6) is 0.549. The van der Waals surface area contributed by atoms with Crippen molar-refractivity contribution in [2.45, 2.75) is 32.0 Å². The molecule has 2 aliphatic heterocycles. The van der Waals surface area contributed by atoms with E-state index < -0.39 is 0 Å². The molecule has 2 N–H and O–H groups in total. The number of hydrogen-bond donors (Lipinski definition) is 2. The molecule has 1 aromatic rings. The zero-order chi connectivity index (χ0) is 16.1. The number of halogens is 2. The van der Waals surface area contributed by atoms with Crippen LogP contribution in [0.15, 0.2) is 30.3 Å². The molecule has 142 valence electrons. The second-order valence-corrected chi connectivity index (χ2v) is 6.67. The second-order valence-electron chi connectivity index (χ2n) is 6.67. The van der Waals surface area contributed by atoms with Gasteiger partial charge in [0.1, 0.15) is 6.10 Å². The van der Waals surface area contributed by atoms with E-state index in [1.807, 2.05) is 6.07 Å². The van der Waals surface area contributed by atoms with E-state index in [4.69, 9.17) is 4.74 Å². The minimum Gasteiger partial charge on any atom is -0.366 e. The van der Waals surface area contributed by atoms with Crippen LogP contribution >= 0.6 is 24.8 Å². The van der Waals surface area contributed by atoms with Gasteiger partial charge < -0.3 is 15.4 Å². The summed E-state index contributed by atoms with van der Waals surface area (Å²) >= 11 is 0. The third kappa shape index (κ3) is 6.42. The molecule has 2 saturated heterocycles. The summed E-state index contributed by atoms with van der Waals surface area (Å²) in [6, 6.07) is 10.6. The SMILES string of the molecule is CC1CCNCC1NC(=O)C1CN(Cc2ccccc2)CCO1.Cl.Cl. The van der Waals surface area contributed by atoms with E-state index in [0.717, 1.165) is 32.6 Å². The molecular weight excluding hydrogens is 361 g/mol. The van der Waals surface area contributed by atoms with E-state index in [1.54, 1.807) is 0 Å². The molecule has 1 amide bonds. The van der Waals surface area contributed by atoms with E-state index in [-0.39, 0.29) is 42.9 Å². The van der Waals surface area contributed by atoms with Gasteiger partial charge in [0.25, 0.3) is 5.91 Å². The van der Waals surface area contributed by atoms with Crippen LogP contribution in [0.2, 0.25) is 0 Å². The largest absolute Gasteiger partial charge is 0.366 e. The Labute approximate surface area is 162 Å². The molecular formula is C18H29Cl2N3O2. The van der Waals surface area contributed by atoms with Crippen LogP contribution in [-0.4, -0.2) is 55.7 Å². The highest BCUT2D eigenvalue weighted by atomic mass is 35.5. The molecule has 0 aromatic heterocycles. The predicted octanol–water partition coefficient (Wildman–Crippen LogP) is 1.85. The monoisotopic (exact) mass is 389 g/mol. The standard InChI is InChI=1S/C18H27N3O2.2ClH/c1-14-7-8-19-11-16(14)20-18(22)17-13-21(9-10-23-17)12-15-5-3-2-4-6-15;;/h2-6,14,16-17,19H,7-13H2,1H3,(H,20,22);2*1H. The number of amides is 1. The number of rotatable bonds is 4. The fraction of sp³-hybridized carbons (Fsp3) is 0.611. The molecule has 7 heteroatoms. The van der Waals surface area contributed by atoms with Gasteiger partial charge >= 0.3 is 0 Å². The topological polar surface area (TPSA) is 53.6 Å². The van der Waals surface area contributed by atoms with E-state index in [2.05, 4.69) is 46.7 Å². The molecule has 1 aromatic carbocycles. The predicted molar refractivity (Wildman–Crippen MR) is 105 cm³/mol. The van der Waals surface area contributed by atoms with Gasteiger partial charge in [-0.15, -0.1) is 24.8 Å². The van der Waals surface area contributed by atoms with Crippen molar-refractivity contribution in [3.05, 3.63) is 35.9 Å². The Morgan fingerprint density at radius 1 is 1.32 bits per heavy atom. The Bertz CT molecular complexity index is 518. The van der Waals surface area contributed by atoms with E-state index >= 15 is 0 Å². The van der Waals surface area contributed by atoms with Crippen LogP contribution in [-0.2, 0) is 16.1 Å². The van der Waals surface area contributed by atoms with Crippen LogP contribution in [0.3, 0.4) is 0 Å². The smallest absolute Gasteiger partial charge is 0.250 e. The van der Waals surface area contributed by atoms with Crippen LogP contribution in [0, 0.1) is 5.92 Å². The lowest BCUT2D eigenvalue weighted by atomic mass is 9.94. The lowest BCUT2D eigenvalue weighted by Crippen LogP contribution is -2.56. The first-order valence-corrected chi connectivity index (χ1v) is 8.61. The van der Waals surface area contributed by atoms with Gasteiger partial charge in [0.2, 0.25) is 0 Å². The number of ether oxygens (including phenoxy) is 1. The van der Waals surface area contributed by atoms with Crippen LogP contribution in [0.1, 0.15) is 18.9 Å². The number of carbonyl (C=O) groups is 1. The summed E-state index contributed by atoms with van der Waals surface area (Å²) in [5.41, 5.74) is 1.28. The maximum absolute atomic E-state index is 12.5. The first-order chi connectivity index (χ1) is 11.2. The first kappa shape index (κ1) is 22.2. The Kier molecular flexibility index (Phi) is 9.75. The van der Waals surface area contributed by atoms with Crippen molar-refractivity contribution in [2.24, 2.45) is 5.92 Å². The molecule has 2 fully saturated rings. The highest BCUT2D eigenvalue weighted by Gasteiger charge is 2.30. The lowest BCUT2D eigenvalue weighted by molar-refractivity contribution is -0.140. The zero-order valence-electron chi connectivity index (χ0n) is 14.6. The Balaban J connectivity index is 0.00000156. The molecule has 25 heavy (non-hydrogen) atoms. The van der Waals surface area contributed by atoms with Crippen molar-refractivity contribution < 1.29 is 9.53 Å². The maximum Gasteiger partial charge on any atom is 0.250 e. The molecule has 3 unspecified atom stereocenters. The lowest BCUT2D eigenvalue weighted by Gasteiger charge is -2.35. The summed E-state index contributed by atoms with van der Waals surface area (Å²) in [6.07, 6.45) is 0.748. The zero-order valence-corrected chi connectivity index (χ0v) is 16.3. The van der Waals surface area contributed by atoms with Gasteiger partial charge in [-0.25, -0.2) is 0 Å². The third-order valence-electron chi connectivity index (χ3n) is 4.85. The van der Waals surface area contributed by atoms with E-state index in [1.165, 1.54) is 5.56 Å². The molecule has 0 saturated carbocycles. The van der Waals surface area contributed by atoms with Gasteiger partial charge in [0, 0.05) is 32.2 Å². The van der Waals surface area contributed by atoms with Gasteiger partial charge in [0.05, 0.1) is 6.61 Å². The average Bonchev–Trinajstić information content (AvgIpc) is 2.58. The van der Waals surface area contributed by atoms with Gasteiger partial charge in [-0.3, -0.25) is 9.69 Å². The van der Waals surface area contributed by atoms with Gasteiger partial charge in [-0.2, -0.15) is 0 Å². The van der Waals surface area contributed by atoms with Crippen LogP contribution in [0.5, 0.6) is 0 Å². The molecule has 0 aliphatic carbocycles. The molecule has 2 aliphatic rings. The van der Waals surface area contributed by atoms with Crippen molar-refractivity contribution in [1.82, 2.24) is 15.5 Å². The van der Waals surface area contributed by atoms with Crippen molar-refractivity contribution >= 4 is 30.7 Å². The van der Waals surface area contributed by atoms with E-state index in [9.17, 15) is 4.79 Å². The Hall–Kier alpha value is -0.850. The van der Waals surface area contributed by atoms with Gasteiger partial charge in [-0.05, 0) is 24.4 Å². The molecule has 0 spiro atoms. The van der Waals surface area contributed by atoms with Gasteiger partial charge in [0.15, 0.2) is 0 Å². The number of morpholine rings is 1. The third-order valence-corrected chi connectivity index (χ3v) is 4.85. The van der Waals surface area contributed by atoms with Crippen LogP contribution < -0.4 is 10.6 Å². The minimum absolute atomic E-state index is 0. The normalized spacial score (nSPS) is 26.8. The highest BCUT2D eigenvalue weighted by molar-refractivity contribution is 5.85. The summed E-state index contributed by atoms with van der Waals surface area (Å²) in [6.45, 7) is 7.12. The van der Waals surface area contributed by atoms with Crippen molar-refractivity contribution in [2.75, 3.05) is 32.8 Å². The summed E-state index contributed by atoms with van der Waals surface area (Å²) in [7, 11) is 0. The maximum atomic E-state index is 12.5. The molecule has 3 rings (SSSR count).